The highest BCUT2D eigenvalue weighted by atomic mass is 32.2. The highest BCUT2D eigenvalue weighted by molar-refractivity contribution is 7.99. The topological polar surface area (TPSA) is 96.2 Å². The Kier molecular flexibility index (Phi) is 6.36. The lowest BCUT2D eigenvalue weighted by molar-refractivity contribution is -0.116. The maximum Gasteiger partial charge on any atom is 0.254 e. The van der Waals surface area contributed by atoms with E-state index in [1.165, 1.54) is 35.9 Å². The molecule has 1 saturated heterocycles. The predicted molar refractivity (Wildman–Crippen MR) is 127 cm³/mol. The highest BCUT2D eigenvalue weighted by Gasteiger charge is 2.27. The molecule has 1 aromatic carbocycles. The quantitative estimate of drug-likeness (QED) is 0.555. The molecule has 9 nitrogen and oxygen atoms in total. The van der Waals surface area contributed by atoms with Crippen LogP contribution in [-0.2, 0) is 11.3 Å². The summed E-state index contributed by atoms with van der Waals surface area (Å²) in [7, 11) is 0. The summed E-state index contributed by atoms with van der Waals surface area (Å²) in [5.41, 5.74) is 1.19. The third-order valence-corrected chi connectivity index (χ3v) is 7.01. The number of hydrogen-bond donors (Lipinski definition) is 1. The van der Waals surface area contributed by atoms with Crippen LogP contribution in [0.2, 0.25) is 0 Å². The minimum atomic E-state index is -0.204. The van der Waals surface area contributed by atoms with Crippen molar-refractivity contribution in [1.29, 1.82) is 0 Å². The van der Waals surface area contributed by atoms with Crippen LogP contribution in [0.25, 0.3) is 0 Å². The number of amides is 1. The number of fused-ring (bicyclic) bond motifs is 1. The number of anilines is 2. The van der Waals surface area contributed by atoms with Crippen LogP contribution in [0.4, 0.5) is 11.6 Å². The molecular weight excluding hydrogens is 438 g/mol. The maximum atomic E-state index is 12.7. The van der Waals surface area contributed by atoms with Crippen molar-refractivity contribution in [3.63, 3.8) is 0 Å². The molecule has 1 amide bonds. The van der Waals surface area contributed by atoms with Gasteiger partial charge in [0.1, 0.15) is 18.0 Å². The lowest BCUT2D eigenvalue weighted by atomic mass is 10.2. The van der Waals surface area contributed by atoms with Gasteiger partial charge in [0, 0.05) is 63.2 Å². The van der Waals surface area contributed by atoms with E-state index in [1.54, 1.807) is 4.57 Å². The second-order valence-corrected chi connectivity index (χ2v) is 9.15. The molecular formula is C23H25N7O2S. The maximum absolute atomic E-state index is 12.7. The lowest BCUT2D eigenvalue weighted by Gasteiger charge is -2.35. The van der Waals surface area contributed by atoms with E-state index < -0.39 is 0 Å². The summed E-state index contributed by atoms with van der Waals surface area (Å²) in [6.45, 7) is 4.57. The number of hydrogen-bond acceptors (Lipinski definition) is 8. The van der Waals surface area contributed by atoms with Crippen molar-refractivity contribution in [3.8, 4) is 0 Å². The number of aromatic nitrogens is 4. The Morgan fingerprint density at radius 1 is 1.06 bits per heavy atom. The molecule has 0 radical (unpaired) electrons. The third kappa shape index (κ3) is 5.07. The first-order valence-corrected chi connectivity index (χ1v) is 12.0. The molecule has 33 heavy (non-hydrogen) atoms. The predicted octanol–water partition coefficient (Wildman–Crippen LogP) is 2.03. The zero-order valence-corrected chi connectivity index (χ0v) is 18.9. The van der Waals surface area contributed by atoms with Gasteiger partial charge in [-0.3, -0.25) is 19.1 Å². The van der Waals surface area contributed by atoms with E-state index >= 15 is 0 Å². The van der Waals surface area contributed by atoms with Crippen LogP contribution in [0.15, 0.2) is 64.9 Å². The molecule has 0 saturated carbocycles. The highest BCUT2D eigenvalue weighted by Crippen LogP contribution is 2.31. The van der Waals surface area contributed by atoms with Crippen molar-refractivity contribution in [1.82, 2.24) is 24.4 Å². The van der Waals surface area contributed by atoms with Crippen molar-refractivity contribution < 1.29 is 4.79 Å². The summed E-state index contributed by atoms with van der Waals surface area (Å²) >= 11 is 1.50. The fraction of sp³-hybridized carbons (Fsp3) is 0.348. The number of benzene rings is 1. The summed E-state index contributed by atoms with van der Waals surface area (Å²) in [4.78, 5) is 42.3. The summed E-state index contributed by atoms with van der Waals surface area (Å²) in [5.74, 6) is 1.76. The Hall–Kier alpha value is -3.24. The van der Waals surface area contributed by atoms with Gasteiger partial charge >= 0.3 is 0 Å². The lowest BCUT2D eigenvalue weighted by Crippen LogP contribution is -2.46. The number of thioether (sulfide) groups is 1. The Balaban J connectivity index is 1.17. The van der Waals surface area contributed by atoms with Crippen molar-refractivity contribution in [3.05, 3.63) is 70.9 Å². The van der Waals surface area contributed by atoms with Crippen LogP contribution in [0.3, 0.4) is 0 Å². The van der Waals surface area contributed by atoms with Gasteiger partial charge < -0.3 is 10.2 Å². The summed E-state index contributed by atoms with van der Waals surface area (Å²) < 4.78 is 1.60. The minimum absolute atomic E-state index is 0.126. The SMILES string of the molecule is O=C(CC1CSc2nccc(=O)n21)Nc1cc(N2CCN(Cc3ccccc3)CC2)ncn1. The van der Waals surface area contributed by atoms with E-state index in [4.69, 9.17) is 0 Å². The fourth-order valence-corrected chi connectivity index (χ4v) is 5.33. The van der Waals surface area contributed by atoms with E-state index in [-0.39, 0.29) is 23.9 Å². The standard InChI is InChI=1S/C23H25N7O2S/c31-21(12-18-15-33-23-24-7-6-22(32)30(18)23)27-19-13-20(26-16-25-19)29-10-8-28(9-11-29)14-17-4-2-1-3-5-17/h1-7,13,16,18H,8-12,14-15H2,(H,25,26,27,31). The first-order chi connectivity index (χ1) is 16.2. The Bertz CT molecular complexity index is 1180. The Morgan fingerprint density at radius 3 is 2.70 bits per heavy atom. The molecule has 1 atom stereocenters. The molecule has 5 rings (SSSR count). The summed E-state index contributed by atoms with van der Waals surface area (Å²) in [6.07, 6.45) is 3.19. The average molecular weight is 464 g/mol. The summed E-state index contributed by atoms with van der Waals surface area (Å²) in [6, 6.07) is 13.5. The molecule has 2 aliphatic heterocycles. The number of piperazine rings is 1. The van der Waals surface area contributed by atoms with E-state index in [1.807, 2.05) is 12.1 Å². The molecule has 2 aromatic heterocycles. The first-order valence-electron chi connectivity index (χ1n) is 11.0. The molecule has 3 aromatic rings. The van der Waals surface area contributed by atoms with Gasteiger partial charge in [0.05, 0.1) is 6.04 Å². The molecule has 1 fully saturated rings. The molecule has 1 unspecified atom stereocenters. The van der Waals surface area contributed by atoms with Gasteiger partial charge in [-0.2, -0.15) is 0 Å². The van der Waals surface area contributed by atoms with Gasteiger partial charge in [-0.05, 0) is 5.56 Å². The monoisotopic (exact) mass is 463 g/mol. The van der Waals surface area contributed by atoms with Crippen LogP contribution >= 0.6 is 11.8 Å². The second-order valence-electron chi connectivity index (χ2n) is 8.16. The van der Waals surface area contributed by atoms with Gasteiger partial charge in [0.25, 0.3) is 5.56 Å². The number of nitrogens with one attached hydrogen (secondary N) is 1. The number of carbonyl (C=O) groups is 1. The normalized spacial score (nSPS) is 18.2. The van der Waals surface area contributed by atoms with E-state index in [2.05, 4.69) is 54.3 Å². The van der Waals surface area contributed by atoms with E-state index in [0.717, 1.165) is 38.5 Å². The largest absolute Gasteiger partial charge is 0.354 e. The molecule has 0 aliphatic carbocycles. The van der Waals surface area contributed by atoms with Gasteiger partial charge in [0.15, 0.2) is 5.16 Å². The van der Waals surface area contributed by atoms with E-state index in [9.17, 15) is 9.59 Å². The zero-order valence-electron chi connectivity index (χ0n) is 18.1. The van der Waals surface area contributed by atoms with Crippen LogP contribution in [0.1, 0.15) is 18.0 Å². The van der Waals surface area contributed by atoms with Crippen molar-refractivity contribution in [2.75, 3.05) is 42.1 Å². The van der Waals surface area contributed by atoms with Crippen LogP contribution in [0, 0.1) is 0 Å². The molecule has 0 bridgehead atoms. The van der Waals surface area contributed by atoms with Crippen LogP contribution in [0.5, 0.6) is 0 Å². The Labute approximate surface area is 195 Å². The molecule has 170 valence electrons. The van der Waals surface area contributed by atoms with Gasteiger partial charge in [-0.1, -0.05) is 42.1 Å². The minimum Gasteiger partial charge on any atom is -0.354 e. The van der Waals surface area contributed by atoms with E-state index in [0.29, 0.717) is 16.7 Å². The second kappa shape index (κ2) is 9.72. The van der Waals surface area contributed by atoms with Crippen LogP contribution in [-0.4, -0.2) is 62.3 Å². The van der Waals surface area contributed by atoms with Crippen LogP contribution < -0.4 is 15.8 Å². The number of carbonyl (C=O) groups excluding carboxylic acids is 1. The first kappa shape index (κ1) is 21.6. The van der Waals surface area contributed by atoms with Gasteiger partial charge in [-0.15, -0.1) is 0 Å². The fourth-order valence-electron chi connectivity index (χ4n) is 4.21. The van der Waals surface area contributed by atoms with Crippen molar-refractivity contribution >= 4 is 29.3 Å². The molecule has 0 spiro atoms. The Morgan fingerprint density at radius 2 is 1.88 bits per heavy atom. The van der Waals surface area contributed by atoms with Crippen molar-refractivity contribution in [2.45, 2.75) is 24.2 Å². The number of nitrogens with zero attached hydrogens (tertiary/aromatic N) is 6. The van der Waals surface area contributed by atoms with Gasteiger partial charge in [0.2, 0.25) is 5.91 Å². The van der Waals surface area contributed by atoms with Gasteiger partial charge in [-0.25, -0.2) is 15.0 Å². The third-order valence-electron chi connectivity index (χ3n) is 5.90. The average Bonchev–Trinajstić information content (AvgIpc) is 3.24. The summed E-state index contributed by atoms with van der Waals surface area (Å²) in [5, 5.41) is 3.53. The smallest absolute Gasteiger partial charge is 0.254 e. The molecule has 2 aliphatic rings. The molecule has 1 N–H and O–H groups in total. The number of rotatable bonds is 6. The molecule has 4 heterocycles. The zero-order chi connectivity index (χ0) is 22.6. The van der Waals surface area contributed by atoms with Crippen molar-refractivity contribution in [2.24, 2.45) is 0 Å². The molecule has 10 heteroatoms.